The van der Waals surface area contributed by atoms with Crippen LogP contribution in [-0.4, -0.2) is 28.4 Å². The van der Waals surface area contributed by atoms with E-state index in [9.17, 15) is 14.4 Å². The second-order valence-corrected chi connectivity index (χ2v) is 4.23. The maximum absolute atomic E-state index is 11.7. The number of carbonyl (C=O) groups excluding carboxylic acids is 3. The fourth-order valence-corrected chi connectivity index (χ4v) is 2.14. The van der Waals surface area contributed by atoms with E-state index >= 15 is 0 Å². The minimum absolute atomic E-state index is 0.103. The van der Waals surface area contributed by atoms with Crippen molar-refractivity contribution in [2.24, 2.45) is 7.05 Å². The number of benzene rings is 1. The molecule has 102 valence electrons. The minimum Gasteiger partial charge on any atom is -0.303 e. The first kappa shape index (κ1) is 13.7. The van der Waals surface area contributed by atoms with E-state index in [1.165, 1.54) is 0 Å². The van der Waals surface area contributed by atoms with Crippen LogP contribution in [0.25, 0.3) is 16.5 Å². The molecule has 2 aromatic rings. The first-order valence-corrected chi connectivity index (χ1v) is 5.92. The Labute approximate surface area is 115 Å². The van der Waals surface area contributed by atoms with E-state index in [0.717, 1.165) is 22.8 Å². The quantitative estimate of drug-likeness (QED) is 0.638. The van der Waals surface area contributed by atoms with Crippen molar-refractivity contribution in [2.45, 2.75) is 6.42 Å². The number of carbonyl (C=O) groups is 3. The predicted octanol–water partition coefficient (Wildman–Crippen LogP) is 0.600. The Bertz CT molecular complexity index is 716. The van der Waals surface area contributed by atoms with Gasteiger partial charge in [0.2, 0.25) is 6.41 Å². The van der Waals surface area contributed by atoms with Gasteiger partial charge in [-0.05, 0) is 5.56 Å². The molecule has 0 radical (unpaired) electrons. The molecule has 0 fully saturated rings. The van der Waals surface area contributed by atoms with Gasteiger partial charge in [0.15, 0.2) is 0 Å². The first-order valence-electron chi connectivity index (χ1n) is 5.92. The third-order valence-electron chi connectivity index (χ3n) is 3.00. The molecule has 20 heavy (non-hydrogen) atoms. The Morgan fingerprint density at radius 1 is 1.45 bits per heavy atom. The van der Waals surface area contributed by atoms with Gasteiger partial charge in [0.05, 0.1) is 11.1 Å². The molecule has 0 spiro atoms. The van der Waals surface area contributed by atoms with E-state index in [1.807, 2.05) is 11.4 Å². The van der Waals surface area contributed by atoms with Crippen LogP contribution >= 0.6 is 0 Å². The molecule has 0 saturated carbocycles. The summed E-state index contributed by atoms with van der Waals surface area (Å²) in [7, 11) is 1.73. The largest absolute Gasteiger partial charge is 0.303 e. The molecule has 0 unspecified atom stereocenters. The van der Waals surface area contributed by atoms with Crippen LogP contribution in [0.2, 0.25) is 0 Å². The number of hydrogen-bond donors (Lipinski definition) is 1. The van der Waals surface area contributed by atoms with Gasteiger partial charge in [-0.3, -0.25) is 19.6 Å². The second-order valence-electron chi connectivity index (χ2n) is 4.23. The number of hydrogen-bond acceptors (Lipinski definition) is 4. The molecule has 2 amide bonds. The van der Waals surface area contributed by atoms with Crippen molar-refractivity contribution in [1.29, 1.82) is 0 Å². The summed E-state index contributed by atoms with van der Waals surface area (Å²) >= 11 is 0. The highest BCUT2D eigenvalue weighted by molar-refractivity contribution is 6.23. The zero-order chi connectivity index (χ0) is 14.7. The Kier molecular flexibility index (Phi) is 3.74. The highest BCUT2D eigenvalue weighted by Gasteiger charge is 2.18. The summed E-state index contributed by atoms with van der Waals surface area (Å²) in [5.74, 6) is -0.596. The van der Waals surface area contributed by atoms with E-state index in [2.05, 4.69) is 11.7 Å². The molecule has 0 aliphatic heterocycles. The van der Waals surface area contributed by atoms with Gasteiger partial charge in [-0.25, -0.2) is 0 Å². The van der Waals surface area contributed by atoms with E-state index < -0.39 is 5.91 Å². The van der Waals surface area contributed by atoms with Crippen LogP contribution in [0, 0.1) is 0 Å². The van der Waals surface area contributed by atoms with Crippen molar-refractivity contribution < 1.29 is 14.4 Å². The van der Waals surface area contributed by atoms with Crippen molar-refractivity contribution in [1.82, 2.24) is 15.1 Å². The Morgan fingerprint density at radius 2 is 2.20 bits per heavy atom. The lowest BCUT2D eigenvalue weighted by atomic mass is 10.0. The predicted molar refractivity (Wildman–Crippen MR) is 73.7 cm³/mol. The van der Waals surface area contributed by atoms with Gasteiger partial charge in [0, 0.05) is 18.9 Å². The number of aldehydes is 1. The molecule has 6 heteroatoms. The van der Waals surface area contributed by atoms with Crippen molar-refractivity contribution in [3.8, 4) is 0 Å². The summed E-state index contributed by atoms with van der Waals surface area (Å²) < 4.78 is 1.60. The Hall–Kier alpha value is -2.76. The molecule has 0 aliphatic carbocycles. The molecule has 2 rings (SSSR count). The molecule has 1 heterocycles. The van der Waals surface area contributed by atoms with Crippen molar-refractivity contribution in [2.75, 3.05) is 0 Å². The molecule has 0 saturated heterocycles. The monoisotopic (exact) mass is 271 g/mol. The maximum atomic E-state index is 11.7. The number of amides is 2. The number of imide groups is 1. The third kappa shape index (κ3) is 2.23. The van der Waals surface area contributed by atoms with E-state index in [1.54, 1.807) is 23.9 Å². The molecule has 6 nitrogen and oxygen atoms in total. The fourth-order valence-electron chi connectivity index (χ4n) is 2.14. The van der Waals surface area contributed by atoms with Crippen LogP contribution in [0.5, 0.6) is 0 Å². The second kappa shape index (κ2) is 5.48. The lowest BCUT2D eigenvalue weighted by Crippen LogP contribution is -2.22. The third-order valence-corrected chi connectivity index (χ3v) is 3.00. The van der Waals surface area contributed by atoms with Crippen molar-refractivity contribution >= 4 is 35.1 Å². The number of rotatable bonds is 5. The summed E-state index contributed by atoms with van der Waals surface area (Å²) in [5, 5.41) is 7.01. The van der Waals surface area contributed by atoms with Crippen LogP contribution in [0.15, 0.2) is 24.8 Å². The van der Waals surface area contributed by atoms with Gasteiger partial charge >= 0.3 is 0 Å². The highest BCUT2D eigenvalue weighted by atomic mass is 16.2. The molecule has 1 N–H and O–H groups in total. The number of nitrogens with zero attached hydrogens (tertiary/aromatic N) is 2. The van der Waals surface area contributed by atoms with Crippen LogP contribution in [0.1, 0.15) is 11.3 Å². The zero-order valence-corrected chi connectivity index (χ0v) is 10.9. The lowest BCUT2D eigenvalue weighted by molar-refractivity contribution is -0.121. The maximum Gasteiger partial charge on any atom is 0.259 e. The number of para-hydroxylation sites is 1. The molecular formula is C14H13N3O3. The summed E-state index contributed by atoms with van der Waals surface area (Å²) in [4.78, 5) is 32.7. The number of aryl methyl sites for hydroxylation is 1. The molecule has 0 atom stereocenters. The molecule has 1 aromatic carbocycles. The highest BCUT2D eigenvalue weighted by Crippen LogP contribution is 2.26. The van der Waals surface area contributed by atoms with Gasteiger partial charge in [-0.15, -0.1) is 0 Å². The van der Waals surface area contributed by atoms with Crippen molar-refractivity contribution in [3.05, 3.63) is 36.0 Å². The topological polar surface area (TPSA) is 81.1 Å². The molecule has 1 aromatic heterocycles. The van der Waals surface area contributed by atoms with Gasteiger partial charge in [0.1, 0.15) is 12.0 Å². The van der Waals surface area contributed by atoms with Crippen LogP contribution in [-0.2, 0) is 27.9 Å². The van der Waals surface area contributed by atoms with Gasteiger partial charge in [-0.2, -0.15) is 5.10 Å². The fraction of sp³-hybridized carbons (Fsp3) is 0.143. The first-order chi connectivity index (χ1) is 9.60. The summed E-state index contributed by atoms with van der Waals surface area (Å²) in [6.45, 7) is 3.67. The molecule has 0 bridgehead atoms. The van der Waals surface area contributed by atoms with Crippen LogP contribution in [0.3, 0.4) is 0 Å². The molecule has 0 aliphatic rings. The summed E-state index contributed by atoms with van der Waals surface area (Å²) in [6.07, 6.45) is 1.38. The Morgan fingerprint density at radius 3 is 2.85 bits per heavy atom. The number of fused-ring (bicyclic) bond motifs is 1. The number of nitrogens with one attached hydrogen (secondary N) is 1. The zero-order valence-electron chi connectivity index (χ0n) is 10.9. The average molecular weight is 271 g/mol. The normalized spacial score (nSPS) is 10.2. The SMILES string of the molecule is C=C(C(=O)NC=O)c1nn(C)c2c(CC=O)cccc12. The van der Waals surface area contributed by atoms with Gasteiger partial charge < -0.3 is 4.79 Å². The van der Waals surface area contributed by atoms with Crippen molar-refractivity contribution in [3.63, 3.8) is 0 Å². The Balaban J connectivity index is 2.59. The van der Waals surface area contributed by atoms with Crippen LogP contribution < -0.4 is 5.32 Å². The average Bonchev–Trinajstić information content (AvgIpc) is 2.77. The molecular weight excluding hydrogens is 258 g/mol. The number of aromatic nitrogens is 2. The summed E-state index contributed by atoms with van der Waals surface area (Å²) in [6, 6.07) is 5.42. The summed E-state index contributed by atoms with van der Waals surface area (Å²) in [5.41, 5.74) is 2.09. The van der Waals surface area contributed by atoms with Gasteiger partial charge in [0.25, 0.3) is 5.91 Å². The van der Waals surface area contributed by atoms with Gasteiger partial charge in [-0.1, -0.05) is 24.8 Å². The van der Waals surface area contributed by atoms with E-state index in [4.69, 9.17) is 0 Å². The minimum atomic E-state index is -0.596. The van der Waals surface area contributed by atoms with E-state index in [-0.39, 0.29) is 12.0 Å². The lowest BCUT2D eigenvalue weighted by Gasteiger charge is -2.01. The standard InChI is InChI=1S/C14H13N3O3/c1-9(14(20)15-8-19)12-11-5-3-4-10(6-7-18)13(11)17(2)16-12/h3-5,7-8H,1,6H2,2H3,(H,15,19,20). The smallest absolute Gasteiger partial charge is 0.259 e. The van der Waals surface area contributed by atoms with Crippen LogP contribution in [0.4, 0.5) is 0 Å². The van der Waals surface area contributed by atoms with E-state index in [0.29, 0.717) is 12.1 Å².